The molecule has 0 spiro atoms. The van der Waals surface area contributed by atoms with Crippen molar-refractivity contribution in [3.63, 3.8) is 0 Å². The second-order valence-corrected chi connectivity index (χ2v) is 5.56. The maximum atomic E-state index is 6.17. The monoisotopic (exact) mass is 296 g/mol. The Morgan fingerprint density at radius 3 is 3.05 bits per heavy atom. The predicted molar refractivity (Wildman–Crippen MR) is 77.0 cm³/mol. The van der Waals surface area contributed by atoms with Gasteiger partial charge in [-0.2, -0.15) is 0 Å². The molecule has 100 valence electrons. The van der Waals surface area contributed by atoms with Crippen LogP contribution in [0.1, 0.15) is 35.8 Å². The Bertz CT molecular complexity index is 586. The number of anilines is 1. The number of hydrogen-bond acceptors (Lipinski definition) is 3. The summed E-state index contributed by atoms with van der Waals surface area (Å²) in [6.45, 7) is 1.97. The van der Waals surface area contributed by atoms with Crippen LogP contribution in [0, 0.1) is 6.92 Å². The molecule has 0 bridgehead atoms. The molecule has 19 heavy (non-hydrogen) atoms. The second-order valence-electron chi connectivity index (χ2n) is 4.82. The Balaban J connectivity index is 1.92. The molecule has 1 aliphatic carbocycles. The number of nitrogens with one attached hydrogen (secondary N) is 1. The van der Waals surface area contributed by atoms with Gasteiger partial charge in [0.2, 0.25) is 0 Å². The molecule has 2 aromatic heterocycles. The molecule has 1 unspecified atom stereocenters. The van der Waals surface area contributed by atoms with E-state index in [2.05, 4.69) is 10.3 Å². The Morgan fingerprint density at radius 2 is 2.26 bits per heavy atom. The highest BCUT2D eigenvalue weighted by molar-refractivity contribution is 6.34. The summed E-state index contributed by atoms with van der Waals surface area (Å²) < 4.78 is 5.49. The zero-order valence-corrected chi connectivity index (χ0v) is 12.1. The number of hydrogen-bond donors (Lipinski definition) is 1. The molecule has 3 rings (SSSR count). The zero-order chi connectivity index (χ0) is 13.4. The van der Waals surface area contributed by atoms with Crippen LogP contribution < -0.4 is 5.32 Å². The molecule has 0 aliphatic heterocycles. The summed E-state index contributed by atoms with van der Waals surface area (Å²) in [6, 6.07) is 4.06. The smallest absolute Gasteiger partial charge is 0.154 e. The van der Waals surface area contributed by atoms with Gasteiger partial charge in [-0.05, 0) is 37.5 Å². The number of aryl methyl sites for hydroxylation is 2. The van der Waals surface area contributed by atoms with Crippen molar-refractivity contribution in [2.75, 3.05) is 5.32 Å². The first kappa shape index (κ1) is 12.8. The number of rotatable bonds is 2. The lowest BCUT2D eigenvalue weighted by Gasteiger charge is -2.25. The van der Waals surface area contributed by atoms with Crippen LogP contribution in [0.3, 0.4) is 0 Å². The third-order valence-corrected chi connectivity index (χ3v) is 3.98. The maximum Gasteiger partial charge on any atom is 0.154 e. The molecule has 0 saturated heterocycles. The van der Waals surface area contributed by atoms with Crippen molar-refractivity contribution in [2.24, 2.45) is 0 Å². The summed E-state index contributed by atoms with van der Waals surface area (Å²) in [5, 5.41) is 4.31. The van der Waals surface area contributed by atoms with E-state index in [1.165, 1.54) is 5.56 Å². The molecule has 2 aromatic rings. The summed E-state index contributed by atoms with van der Waals surface area (Å²) in [6.07, 6.45) is 4.92. The summed E-state index contributed by atoms with van der Waals surface area (Å²) >= 11 is 12.1. The molecule has 0 aromatic carbocycles. The predicted octanol–water partition coefficient (Wildman–Crippen LogP) is 4.78. The number of nitrogens with zero attached hydrogens (tertiary/aromatic N) is 1. The fourth-order valence-corrected chi connectivity index (χ4v) is 3.17. The van der Waals surface area contributed by atoms with Gasteiger partial charge in [-0.3, -0.25) is 0 Å². The van der Waals surface area contributed by atoms with Gasteiger partial charge in [0.15, 0.2) is 5.15 Å². The Labute approximate surface area is 121 Å². The normalized spacial score (nSPS) is 18.2. The SMILES string of the molecule is Cc1cc(Cl)nc(Cl)c1NC1CCCc2occc21. The average Bonchev–Trinajstić information content (AvgIpc) is 2.82. The van der Waals surface area contributed by atoms with Crippen LogP contribution in [-0.2, 0) is 6.42 Å². The van der Waals surface area contributed by atoms with Crippen molar-refractivity contribution < 1.29 is 4.42 Å². The number of pyridine rings is 1. The molecule has 0 radical (unpaired) electrons. The van der Waals surface area contributed by atoms with Gasteiger partial charge in [-0.25, -0.2) is 4.98 Å². The van der Waals surface area contributed by atoms with Crippen molar-refractivity contribution in [3.05, 3.63) is 45.6 Å². The summed E-state index contributed by atoms with van der Waals surface area (Å²) in [7, 11) is 0. The molecule has 1 aliphatic rings. The van der Waals surface area contributed by atoms with Gasteiger partial charge in [0.05, 0.1) is 18.0 Å². The van der Waals surface area contributed by atoms with Crippen molar-refractivity contribution >= 4 is 28.9 Å². The van der Waals surface area contributed by atoms with Crippen LogP contribution in [0.5, 0.6) is 0 Å². The van der Waals surface area contributed by atoms with E-state index in [0.717, 1.165) is 36.3 Å². The van der Waals surface area contributed by atoms with Crippen LogP contribution in [0.2, 0.25) is 10.3 Å². The third-order valence-electron chi connectivity index (χ3n) is 3.51. The van der Waals surface area contributed by atoms with Gasteiger partial charge < -0.3 is 9.73 Å². The highest BCUT2D eigenvalue weighted by atomic mass is 35.5. The maximum absolute atomic E-state index is 6.17. The second kappa shape index (κ2) is 5.06. The van der Waals surface area contributed by atoms with E-state index in [0.29, 0.717) is 10.3 Å². The van der Waals surface area contributed by atoms with Crippen LogP contribution in [0.15, 0.2) is 22.8 Å². The number of furan rings is 1. The molecule has 1 N–H and O–H groups in total. The molecule has 2 heterocycles. The Morgan fingerprint density at radius 1 is 1.42 bits per heavy atom. The largest absolute Gasteiger partial charge is 0.469 e. The van der Waals surface area contributed by atoms with Crippen LogP contribution in [-0.4, -0.2) is 4.98 Å². The van der Waals surface area contributed by atoms with E-state index in [4.69, 9.17) is 27.6 Å². The van der Waals surface area contributed by atoms with Crippen LogP contribution in [0.25, 0.3) is 0 Å². The minimum Gasteiger partial charge on any atom is -0.469 e. The number of fused-ring (bicyclic) bond motifs is 1. The first-order valence-corrected chi connectivity index (χ1v) is 7.06. The van der Waals surface area contributed by atoms with E-state index in [1.54, 1.807) is 6.26 Å². The third kappa shape index (κ3) is 2.45. The summed E-state index contributed by atoms with van der Waals surface area (Å²) in [5.41, 5.74) is 3.07. The van der Waals surface area contributed by atoms with E-state index in [1.807, 2.05) is 19.1 Å². The fraction of sp³-hybridized carbons (Fsp3) is 0.357. The standard InChI is InChI=1S/C14H14Cl2N2O/c1-8-7-12(15)18-14(16)13(8)17-10-3-2-4-11-9(10)5-6-19-11/h5-7,10,17H,2-4H2,1H3. The average molecular weight is 297 g/mol. The van der Waals surface area contributed by atoms with Crippen molar-refractivity contribution in [2.45, 2.75) is 32.2 Å². The van der Waals surface area contributed by atoms with Crippen molar-refractivity contribution in [3.8, 4) is 0 Å². The zero-order valence-electron chi connectivity index (χ0n) is 10.5. The summed E-state index contributed by atoms with van der Waals surface area (Å²) in [4.78, 5) is 4.09. The topological polar surface area (TPSA) is 38.1 Å². The minimum atomic E-state index is 0.224. The van der Waals surface area contributed by atoms with Crippen LogP contribution in [0.4, 0.5) is 5.69 Å². The lowest BCUT2D eigenvalue weighted by Crippen LogP contribution is -2.17. The van der Waals surface area contributed by atoms with E-state index in [9.17, 15) is 0 Å². The molecule has 1 atom stereocenters. The molecule has 5 heteroatoms. The lowest BCUT2D eigenvalue weighted by atomic mass is 9.93. The van der Waals surface area contributed by atoms with E-state index < -0.39 is 0 Å². The highest BCUT2D eigenvalue weighted by Crippen LogP contribution is 2.36. The highest BCUT2D eigenvalue weighted by Gasteiger charge is 2.23. The molecule has 0 amide bonds. The van der Waals surface area contributed by atoms with Crippen LogP contribution >= 0.6 is 23.2 Å². The first-order valence-electron chi connectivity index (χ1n) is 6.30. The van der Waals surface area contributed by atoms with Gasteiger partial charge in [0.25, 0.3) is 0 Å². The fourth-order valence-electron chi connectivity index (χ4n) is 2.58. The Hall–Kier alpha value is -1.19. The van der Waals surface area contributed by atoms with Crippen molar-refractivity contribution in [1.82, 2.24) is 4.98 Å². The van der Waals surface area contributed by atoms with E-state index >= 15 is 0 Å². The molecule has 0 saturated carbocycles. The molecular formula is C14H14Cl2N2O. The number of aromatic nitrogens is 1. The first-order chi connectivity index (χ1) is 9.15. The Kier molecular flexibility index (Phi) is 3.42. The molecule has 3 nitrogen and oxygen atoms in total. The van der Waals surface area contributed by atoms with Gasteiger partial charge in [0.1, 0.15) is 10.9 Å². The lowest BCUT2D eigenvalue weighted by molar-refractivity contribution is 0.461. The van der Waals surface area contributed by atoms with Gasteiger partial charge in [-0.15, -0.1) is 0 Å². The van der Waals surface area contributed by atoms with Gasteiger partial charge >= 0.3 is 0 Å². The number of halogens is 2. The van der Waals surface area contributed by atoms with Crippen molar-refractivity contribution in [1.29, 1.82) is 0 Å². The molecular weight excluding hydrogens is 283 g/mol. The van der Waals surface area contributed by atoms with E-state index in [-0.39, 0.29) is 6.04 Å². The quantitative estimate of drug-likeness (QED) is 0.811. The minimum absolute atomic E-state index is 0.224. The van der Waals surface area contributed by atoms with Gasteiger partial charge in [0, 0.05) is 12.0 Å². The summed E-state index contributed by atoms with van der Waals surface area (Å²) in [5.74, 6) is 1.07. The molecule has 0 fully saturated rings. The van der Waals surface area contributed by atoms with Gasteiger partial charge in [-0.1, -0.05) is 23.2 Å².